The Morgan fingerprint density at radius 1 is 1.18 bits per heavy atom. The van der Waals surface area contributed by atoms with Gasteiger partial charge in [-0.25, -0.2) is 4.98 Å². The van der Waals surface area contributed by atoms with Crippen LogP contribution >= 0.6 is 0 Å². The highest BCUT2D eigenvalue weighted by molar-refractivity contribution is 6.31. The molecule has 0 radical (unpaired) electrons. The van der Waals surface area contributed by atoms with Gasteiger partial charge in [-0.15, -0.1) is 0 Å². The summed E-state index contributed by atoms with van der Waals surface area (Å²) in [5, 5.41) is 25.7. The van der Waals surface area contributed by atoms with Crippen molar-refractivity contribution in [1.29, 1.82) is 0 Å². The van der Waals surface area contributed by atoms with Crippen LogP contribution in [0.3, 0.4) is 0 Å². The van der Waals surface area contributed by atoms with Crippen LogP contribution in [-0.2, 0) is 32.1 Å². The molecule has 0 spiro atoms. The molecule has 1 amide bonds. The van der Waals surface area contributed by atoms with Crippen LogP contribution in [0, 0.1) is 23.7 Å². The number of ketones is 4. The molecule has 5 N–H and O–H groups in total. The minimum absolute atomic E-state index is 0.0311. The first-order valence-corrected chi connectivity index (χ1v) is 12.3. The van der Waals surface area contributed by atoms with E-state index in [4.69, 9.17) is 5.73 Å². The summed E-state index contributed by atoms with van der Waals surface area (Å²) in [6.45, 7) is 0.138. The number of nitrogens with two attached hydrogens (primary N) is 1. The Kier molecular flexibility index (Phi) is 6.06. The molecule has 11 nitrogen and oxygen atoms in total. The minimum atomic E-state index is -2.67. The van der Waals surface area contributed by atoms with Gasteiger partial charge in [0.1, 0.15) is 11.6 Å². The number of carbonyl (C=O) groups is 5. The highest BCUT2D eigenvalue weighted by atomic mass is 16.3. The molecule has 1 aromatic carbocycles. The maximum Gasteiger partial charge on any atom is 0.235 e. The fourth-order valence-corrected chi connectivity index (χ4v) is 6.26. The highest BCUT2D eigenvalue weighted by Crippen LogP contribution is 2.51. The molecule has 3 aliphatic rings. The van der Waals surface area contributed by atoms with Crippen LogP contribution in [0.5, 0.6) is 5.75 Å². The van der Waals surface area contributed by atoms with Gasteiger partial charge < -0.3 is 26.2 Å². The number of anilines is 2. The Morgan fingerprint density at radius 2 is 1.92 bits per heavy atom. The lowest BCUT2D eigenvalue weighted by molar-refractivity contribution is -0.175. The van der Waals surface area contributed by atoms with Crippen LogP contribution in [0.25, 0.3) is 0 Å². The maximum absolute atomic E-state index is 13.9. The predicted molar refractivity (Wildman–Crippen MR) is 134 cm³/mol. The quantitative estimate of drug-likeness (QED) is 0.403. The number of primary amides is 1. The van der Waals surface area contributed by atoms with Crippen LogP contribution in [0.4, 0.5) is 11.5 Å². The predicted octanol–water partition coefficient (Wildman–Crippen LogP) is 0.400. The molecule has 38 heavy (non-hydrogen) atoms. The minimum Gasteiger partial charge on any atom is -0.507 e. The lowest BCUT2D eigenvalue weighted by Crippen LogP contribution is -2.68. The second-order valence-corrected chi connectivity index (χ2v) is 10.5. The third-order valence-electron chi connectivity index (χ3n) is 8.06. The number of pyridine rings is 1. The molecule has 3 aliphatic carbocycles. The Labute approximate surface area is 218 Å². The topological polar surface area (TPSA) is 180 Å². The number of rotatable bonds is 5. The van der Waals surface area contributed by atoms with E-state index in [1.54, 1.807) is 44.6 Å². The van der Waals surface area contributed by atoms with E-state index in [0.29, 0.717) is 22.6 Å². The lowest BCUT2D eigenvalue weighted by Gasteiger charge is -2.48. The number of amides is 1. The van der Waals surface area contributed by atoms with Gasteiger partial charge in [0.05, 0.1) is 11.5 Å². The summed E-state index contributed by atoms with van der Waals surface area (Å²) in [5.74, 6) is -9.69. The zero-order valence-electron chi connectivity index (χ0n) is 20.9. The number of aromatic nitrogens is 1. The number of Topliss-reactive ketones (excluding diaryl/α,β-unsaturated/α-hetero) is 4. The Hall–Kier alpha value is -4.12. The number of hydrogen-bond donors (Lipinski definition) is 4. The van der Waals surface area contributed by atoms with Crippen LogP contribution in [0.15, 0.2) is 30.5 Å². The SMILES string of the molecule is CN(C)c1cc(CNc2ccccn2)c(O)c2c1C[C@H]1C[C@H]3CC(=O)C(C(N)=O)C(=O)[C@@]3(O)C(=O)C1C2=O. The van der Waals surface area contributed by atoms with E-state index >= 15 is 0 Å². The lowest BCUT2D eigenvalue weighted by atomic mass is 9.53. The van der Waals surface area contributed by atoms with Gasteiger partial charge in [-0.2, -0.15) is 0 Å². The Balaban J connectivity index is 1.56. The molecule has 2 saturated carbocycles. The van der Waals surface area contributed by atoms with E-state index < -0.39 is 58.3 Å². The van der Waals surface area contributed by atoms with E-state index in [9.17, 15) is 34.2 Å². The summed E-state index contributed by atoms with van der Waals surface area (Å²) in [4.78, 5) is 70.9. The van der Waals surface area contributed by atoms with Gasteiger partial charge >= 0.3 is 0 Å². The van der Waals surface area contributed by atoms with Crippen molar-refractivity contribution in [3.05, 3.63) is 47.2 Å². The first-order chi connectivity index (χ1) is 18.0. The summed E-state index contributed by atoms with van der Waals surface area (Å²) < 4.78 is 0. The smallest absolute Gasteiger partial charge is 0.235 e. The summed E-state index contributed by atoms with van der Waals surface area (Å²) in [5.41, 5.74) is 4.17. The summed E-state index contributed by atoms with van der Waals surface area (Å²) in [6, 6.07) is 7.08. The van der Waals surface area contributed by atoms with Gasteiger partial charge in [0, 0.05) is 50.4 Å². The van der Waals surface area contributed by atoms with Crippen molar-refractivity contribution in [3.8, 4) is 5.75 Å². The standard InChI is InChI=1S/C27H28N4O7/c1-31(2)16-9-13(11-30-18-5-3-4-6-29-18)22(33)20-15(16)8-12-7-14-10-17(32)21(26(28)37)25(36)27(14,38)24(35)19(12)23(20)34/h3-6,9,12,14,19,21,33,38H,7-8,10-11H2,1-2H3,(H2,28,37)(H,29,30)/t12-,14+,19?,21?,27+/m1/s1. The van der Waals surface area contributed by atoms with Crippen molar-refractivity contribution in [2.24, 2.45) is 29.4 Å². The number of nitrogens with zero attached hydrogens (tertiary/aromatic N) is 2. The van der Waals surface area contributed by atoms with Crippen molar-refractivity contribution >= 4 is 40.5 Å². The largest absolute Gasteiger partial charge is 0.507 e. The second-order valence-electron chi connectivity index (χ2n) is 10.5. The van der Waals surface area contributed by atoms with Crippen molar-refractivity contribution in [3.63, 3.8) is 0 Å². The van der Waals surface area contributed by atoms with Crippen LogP contribution in [0.1, 0.15) is 34.3 Å². The zero-order chi connectivity index (χ0) is 27.5. The Bertz CT molecular complexity index is 1390. The van der Waals surface area contributed by atoms with E-state index in [-0.39, 0.29) is 37.1 Å². The van der Waals surface area contributed by atoms with Crippen molar-refractivity contribution < 1.29 is 34.2 Å². The second kappa shape index (κ2) is 9.02. The number of phenols is 1. The van der Waals surface area contributed by atoms with Crippen molar-refractivity contribution in [2.75, 3.05) is 24.3 Å². The van der Waals surface area contributed by atoms with E-state index in [2.05, 4.69) is 10.3 Å². The number of carbonyl (C=O) groups excluding carboxylic acids is 5. The van der Waals surface area contributed by atoms with E-state index in [0.717, 1.165) is 0 Å². The molecule has 2 unspecified atom stereocenters. The van der Waals surface area contributed by atoms with Gasteiger partial charge in [-0.1, -0.05) is 6.07 Å². The molecular formula is C27H28N4O7. The number of aliphatic hydroxyl groups is 1. The highest BCUT2D eigenvalue weighted by Gasteiger charge is 2.66. The molecule has 0 bridgehead atoms. The molecule has 2 fully saturated rings. The zero-order valence-corrected chi connectivity index (χ0v) is 20.9. The molecule has 0 saturated heterocycles. The molecule has 2 aromatic rings. The third-order valence-corrected chi connectivity index (χ3v) is 8.06. The number of benzene rings is 1. The maximum atomic E-state index is 13.9. The molecular weight excluding hydrogens is 492 g/mol. The number of nitrogens with one attached hydrogen (secondary N) is 1. The van der Waals surface area contributed by atoms with Crippen molar-refractivity contribution in [1.82, 2.24) is 4.98 Å². The summed E-state index contributed by atoms with van der Waals surface area (Å²) in [6.07, 6.45) is 1.52. The number of phenolic OH excluding ortho intramolecular Hbond substituents is 1. The fourth-order valence-electron chi connectivity index (χ4n) is 6.26. The van der Waals surface area contributed by atoms with Gasteiger partial charge in [-0.3, -0.25) is 24.0 Å². The average molecular weight is 521 g/mol. The van der Waals surface area contributed by atoms with Gasteiger partial charge in [0.15, 0.2) is 34.7 Å². The van der Waals surface area contributed by atoms with E-state index in [1.165, 1.54) is 0 Å². The van der Waals surface area contributed by atoms with Crippen LogP contribution in [-0.4, -0.2) is 63.9 Å². The normalized spacial score (nSPS) is 28.3. The molecule has 5 atom stereocenters. The first kappa shape index (κ1) is 25.5. The average Bonchev–Trinajstić information content (AvgIpc) is 2.86. The summed E-state index contributed by atoms with van der Waals surface area (Å²) in [7, 11) is 3.60. The fraction of sp³-hybridized carbons (Fsp3) is 0.407. The number of hydrogen-bond acceptors (Lipinski definition) is 10. The molecule has 1 aromatic heterocycles. The van der Waals surface area contributed by atoms with Gasteiger partial charge in [0.2, 0.25) is 5.91 Å². The van der Waals surface area contributed by atoms with Gasteiger partial charge in [0.25, 0.3) is 0 Å². The van der Waals surface area contributed by atoms with Crippen LogP contribution in [0.2, 0.25) is 0 Å². The third kappa shape index (κ3) is 3.68. The molecule has 5 rings (SSSR count). The summed E-state index contributed by atoms with van der Waals surface area (Å²) >= 11 is 0. The van der Waals surface area contributed by atoms with Gasteiger partial charge in [-0.05, 0) is 42.5 Å². The van der Waals surface area contributed by atoms with E-state index in [1.807, 2.05) is 4.90 Å². The molecule has 1 heterocycles. The molecule has 0 aliphatic heterocycles. The monoisotopic (exact) mass is 520 g/mol. The van der Waals surface area contributed by atoms with Crippen LogP contribution < -0.4 is 16.0 Å². The first-order valence-electron chi connectivity index (χ1n) is 12.3. The molecule has 11 heteroatoms. The Morgan fingerprint density at radius 3 is 2.55 bits per heavy atom. The number of aromatic hydroxyl groups is 1. The number of fused-ring (bicyclic) bond motifs is 3. The van der Waals surface area contributed by atoms with Crippen molar-refractivity contribution in [2.45, 2.75) is 31.4 Å². The molecule has 198 valence electrons.